The number of terminal acetylenes is 1. The normalized spacial score (nSPS) is 20.0. The first-order valence-electron chi connectivity index (χ1n) is 5.07. The molecule has 1 unspecified atom stereocenters. The summed E-state index contributed by atoms with van der Waals surface area (Å²) in [6.45, 7) is 1.35. The molecule has 0 N–H and O–H groups in total. The van der Waals surface area contributed by atoms with E-state index >= 15 is 0 Å². The van der Waals surface area contributed by atoms with E-state index in [4.69, 9.17) is 11.2 Å². The summed E-state index contributed by atoms with van der Waals surface area (Å²) >= 11 is 0. The summed E-state index contributed by atoms with van der Waals surface area (Å²) < 4.78 is 9.90. The van der Waals surface area contributed by atoms with Crippen molar-refractivity contribution in [2.24, 2.45) is 0 Å². The molecule has 1 aliphatic rings. The van der Waals surface area contributed by atoms with Gasteiger partial charge in [0.25, 0.3) is 0 Å². The van der Waals surface area contributed by atoms with E-state index in [9.17, 15) is 9.59 Å². The SMILES string of the molecule is C#CCC(=O)N1CCOC(CC(=O)OC)C1. The molecular formula is C11H15NO4. The molecule has 5 nitrogen and oxygen atoms in total. The monoisotopic (exact) mass is 225 g/mol. The van der Waals surface area contributed by atoms with Crippen LogP contribution in [0, 0.1) is 12.3 Å². The molecule has 0 aromatic heterocycles. The Balaban J connectivity index is 2.44. The highest BCUT2D eigenvalue weighted by Gasteiger charge is 2.25. The van der Waals surface area contributed by atoms with E-state index in [-0.39, 0.29) is 30.8 Å². The number of nitrogens with zero attached hydrogens (tertiary/aromatic N) is 1. The summed E-state index contributed by atoms with van der Waals surface area (Å²) in [6.07, 6.45) is 5.03. The number of rotatable bonds is 3. The zero-order chi connectivity index (χ0) is 12.0. The number of methoxy groups -OCH3 is 1. The largest absolute Gasteiger partial charge is 0.469 e. The molecular weight excluding hydrogens is 210 g/mol. The number of hydrogen-bond acceptors (Lipinski definition) is 4. The fraction of sp³-hybridized carbons (Fsp3) is 0.636. The van der Waals surface area contributed by atoms with Gasteiger partial charge in [0.1, 0.15) is 0 Å². The van der Waals surface area contributed by atoms with Gasteiger partial charge < -0.3 is 14.4 Å². The van der Waals surface area contributed by atoms with Gasteiger partial charge in [-0.25, -0.2) is 0 Å². The zero-order valence-corrected chi connectivity index (χ0v) is 9.27. The van der Waals surface area contributed by atoms with Crippen molar-refractivity contribution in [3.05, 3.63) is 0 Å². The molecule has 5 heteroatoms. The van der Waals surface area contributed by atoms with Crippen molar-refractivity contribution in [3.63, 3.8) is 0 Å². The Hall–Kier alpha value is -1.54. The Bertz CT molecular complexity index is 308. The maximum Gasteiger partial charge on any atom is 0.308 e. The molecule has 0 bridgehead atoms. The summed E-state index contributed by atoms with van der Waals surface area (Å²) in [6, 6.07) is 0. The van der Waals surface area contributed by atoms with Crippen LogP contribution in [0.2, 0.25) is 0 Å². The van der Waals surface area contributed by atoms with E-state index in [0.29, 0.717) is 19.7 Å². The average Bonchev–Trinajstić information content (AvgIpc) is 2.29. The number of esters is 1. The predicted octanol–water partition coefficient (Wildman–Crippen LogP) is -0.200. The Morgan fingerprint density at radius 1 is 1.62 bits per heavy atom. The lowest BCUT2D eigenvalue weighted by Crippen LogP contribution is -2.46. The molecule has 88 valence electrons. The number of amides is 1. The second kappa shape index (κ2) is 6.13. The van der Waals surface area contributed by atoms with Crippen molar-refractivity contribution in [2.45, 2.75) is 18.9 Å². The topological polar surface area (TPSA) is 55.8 Å². The van der Waals surface area contributed by atoms with Crippen LogP contribution in [0.15, 0.2) is 0 Å². The van der Waals surface area contributed by atoms with Crippen molar-refractivity contribution in [2.75, 3.05) is 26.8 Å². The summed E-state index contributed by atoms with van der Waals surface area (Å²) in [5.41, 5.74) is 0. The molecule has 0 spiro atoms. The number of carbonyl (C=O) groups excluding carboxylic acids is 2. The molecule has 1 aliphatic heterocycles. The van der Waals surface area contributed by atoms with E-state index in [1.165, 1.54) is 7.11 Å². The summed E-state index contributed by atoms with van der Waals surface area (Å²) in [7, 11) is 1.33. The van der Waals surface area contributed by atoms with Gasteiger partial charge in [0.15, 0.2) is 0 Å². The highest BCUT2D eigenvalue weighted by molar-refractivity contribution is 5.78. The third kappa shape index (κ3) is 3.55. The van der Waals surface area contributed by atoms with Crippen molar-refractivity contribution in [1.29, 1.82) is 0 Å². The molecule has 0 aliphatic carbocycles. The van der Waals surface area contributed by atoms with Crippen LogP contribution < -0.4 is 0 Å². The maximum atomic E-state index is 11.5. The summed E-state index contributed by atoms with van der Waals surface area (Å²) in [5, 5.41) is 0. The van der Waals surface area contributed by atoms with Gasteiger partial charge in [-0.05, 0) is 0 Å². The second-order valence-electron chi connectivity index (χ2n) is 3.49. The molecule has 1 amide bonds. The van der Waals surface area contributed by atoms with Crippen LogP contribution in [0.3, 0.4) is 0 Å². The minimum atomic E-state index is -0.337. The van der Waals surface area contributed by atoms with Crippen LogP contribution in [0.25, 0.3) is 0 Å². The van der Waals surface area contributed by atoms with Crippen LogP contribution in [0.1, 0.15) is 12.8 Å². The van der Waals surface area contributed by atoms with Crippen molar-refractivity contribution in [3.8, 4) is 12.3 Å². The first-order chi connectivity index (χ1) is 7.67. The molecule has 0 saturated carbocycles. The molecule has 0 aromatic carbocycles. The van der Waals surface area contributed by atoms with Crippen LogP contribution in [0.5, 0.6) is 0 Å². The van der Waals surface area contributed by atoms with E-state index in [0.717, 1.165) is 0 Å². The van der Waals surface area contributed by atoms with E-state index in [1.54, 1.807) is 4.90 Å². The molecule has 1 fully saturated rings. The smallest absolute Gasteiger partial charge is 0.308 e. The van der Waals surface area contributed by atoms with Crippen LogP contribution in [0.4, 0.5) is 0 Å². The fourth-order valence-electron chi connectivity index (χ4n) is 1.54. The van der Waals surface area contributed by atoms with Gasteiger partial charge in [-0.2, -0.15) is 0 Å². The Morgan fingerprint density at radius 2 is 2.38 bits per heavy atom. The maximum absolute atomic E-state index is 11.5. The molecule has 1 heterocycles. The lowest BCUT2D eigenvalue weighted by Gasteiger charge is -2.32. The van der Waals surface area contributed by atoms with Gasteiger partial charge in [0.05, 0.1) is 32.7 Å². The second-order valence-corrected chi connectivity index (χ2v) is 3.49. The van der Waals surface area contributed by atoms with Gasteiger partial charge in [0.2, 0.25) is 5.91 Å². The van der Waals surface area contributed by atoms with E-state index in [2.05, 4.69) is 10.7 Å². The first kappa shape index (κ1) is 12.5. The number of carbonyl (C=O) groups is 2. The van der Waals surface area contributed by atoms with Gasteiger partial charge in [0, 0.05) is 13.1 Å². The Labute approximate surface area is 94.7 Å². The van der Waals surface area contributed by atoms with Gasteiger partial charge >= 0.3 is 5.97 Å². The molecule has 1 saturated heterocycles. The fourth-order valence-corrected chi connectivity index (χ4v) is 1.54. The van der Waals surface area contributed by atoms with Crippen LogP contribution in [-0.4, -0.2) is 49.7 Å². The molecule has 0 radical (unpaired) electrons. The van der Waals surface area contributed by atoms with Crippen molar-refractivity contribution < 1.29 is 19.1 Å². The number of ether oxygens (including phenoxy) is 2. The van der Waals surface area contributed by atoms with E-state index < -0.39 is 0 Å². The first-order valence-corrected chi connectivity index (χ1v) is 5.07. The zero-order valence-electron chi connectivity index (χ0n) is 9.27. The average molecular weight is 225 g/mol. The summed E-state index contributed by atoms with van der Waals surface area (Å²) in [5.74, 6) is 1.87. The Morgan fingerprint density at radius 3 is 3.00 bits per heavy atom. The Kier molecular flexibility index (Phi) is 4.80. The van der Waals surface area contributed by atoms with Gasteiger partial charge in [-0.15, -0.1) is 6.42 Å². The third-order valence-electron chi connectivity index (χ3n) is 2.37. The van der Waals surface area contributed by atoms with Gasteiger partial charge in [-0.3, -0.25) is 9.59 Å². The number of morpholine rings is 1. The third-order valence-corrected chi connectivity index (χ3v) is 2.37. The minimum Gasteiger partial charge on any atom is -0.469 e. The van der Waals surface area contributed by atoms with Crippen molar-refractivity contribution >= 4 is 11.9 Å². The van der Waals surface area contributed by atoms with Crippen LogP contribution in [-0.2, 0) is 19.1 Å². The van der Waals surface area contributed by atoms with Crippen molar-refractivity contribution in [1.82, 2.24) is 4.90 Å². The highest BCUT2D eigenvalue weighted by atomic mass is 16.5. The van der Waals surface area contributed by atoms with Gasteiger partial charge in [-0.1, -0.05) is 5.92 Å². The van der Waals surface area contributed by atoms with Crippen LogP contribution >= 0.6 is 0 Å². The molecule has 0 aromatic rings. The lowest BCUT2D eigenvalue weighted by atomic mass is 10.2. The lowest BCUT2D eigenvalue weighted by molar-refractivity contribution is -0.149. The standard InChI is InChI=1S/C11H15NO4/c1-3-4-10(13)12-5-6-16-9(8-12)7-11(14)15-2/h1,9H,4-8H2,2H3. The molecule has 1 atom stereocenters. The number of hydrogen-bond donors (Lipinski definition) is 0. The molecule has 1 rings (SSSR count). The molecule has 16 heavy (non-hydrogen) atoms. The summed E-state index contributed by atoms with van der Waals surface area (Å²) in [4.78, 5) is 24.2. The highest BCUT2D eigenvalue weighted by Crippen LogP contribution is 2.10. The van der Waals surface area contributed by atoms with E-state index in [1.807, 2.05) is 0 Å². The minimum absolute atomic E-state index is 0.0882. The quantitative estimate of drug-likeness (QED) is 0.493. The predicted molar refractivity (Wildman–Crippen MR) is 56.4 cm³/mol.